The van der Waals surface area contributed by atoms with Gasteiger partial charge in [0.2, 0.25) is 11.7 Å². The van der Waals surface area contributed by atoms with Gasteiger partial charge in [-0.2, -0.15) is 4.98 Å². The first kappa shape index (κ1) is 12.2. The number of hydrogen-bond acceptors (Lipinski definition) is 4. The maximum atomic E-state index is 5.86. The third-order valence-corrected chi connectivity index (χ3v) is 2.81. The Morgan fingerprint density at radius 1 is 1.29 bits per heavy atom. The van der Waals surface area contributed by atoms with Crippen molar-refractivity contribution in [2.45, 2.75) is 20.0 Å². The first-order valence-electron chi connectivity index (χ1n) is 5.08. The Morgan fingerprint density at radius 3 is 2.76 bits per heavy atom. The van der Waals surface area contributed by atoms with Crippen LogP contribution in [-0.2, 0) is 13.0 Å². The van der Waals surface area contributed by atoms with Gasteiger partial charge < -0.3 is 9.26 Å². The highest BCUT2D eigenvalue weighted by Crippen LogP contribution is 2.26. The summed E-state index contributed by atoms with van der Waals surface area (Å²) >= 11 is 11.7. The lowest BCUT2D eigenvalue weighted by atomic mass is 10.3. The van der Waals surface area contributed by atoms with Crippen LogP contribution in [0.5, 0.6) is 5.75 Å². The third kappa shape index (κ3) is 3.11. The van der Waals surface area contributed by atoms with Crippen LogP contribution < -0.4 is 4.74 Å². The Labute approximate surface area is 108 Å². The lowest BCUT2D eigenvalue weighted by molar-refractivity contribution is 0.285. The van der Waals surface area contributed by atoms with Gasteiger partial charge in [0.1, 0.15) is 5.75 Å². The van der Waals surface area contributed by atoms with Gasteiger partial charge in [0.15, 0.2) is 6.61 Å². The summed E-state index contributed by atoms with van der Waals surface area (Å²) in [4.78, 5) is 4.12. The average molecular weight is 273 g/mol. The second kappa shape index (κ2) is 5.38. The summed E-state index contributed by atoms with van der Waals surface area (Å²) in [6.45, 7) is 2.18. The lowest BCUT2D eigenvalue weighted by Crippen LogP contribution is -1.97. The minimum Gasteiger partial charge on any atom is -0.485 e. The molecule has 0 amide bonds. The van der Waals surface area contributed by atoms with Gasteiger partial charge >= 0.3 is 0 Å². The molecule has 0 saturated heterocycles. The SMILES string of the molecule is CCc1nc(COc2ccc(Cl)c(Cl)c2)no1. The normalized spacial score (nSPS) is 10.5. The van der Waals surface area contributed by atoms with Crippen LogP contribution in [0, 0.1) is 0 Å². The van der Waals surface area contributed by atoms with Gasteiger partial charge in [0, 0.05) is 12.5 Å². The number of aryl methyl sites for hydroxylation is 1. The van der Waals surface area contributed by atoms with E-state index < -0.39 is 0 Å². The van der Waals surface area contributed by atoms with Crippen molar-refractivity contribution < 1.29 is 9.26 Å². The predicted molar refractivity (Wildman–Crippen MR) is 64.5 cm³/mol. The molecular weight excluding hydrogens is 263 g/mol. The minimum absolute atomic E-state index is 0.238. The van der Waals surface area contributed by atoms with Gasteiger partial charge in [-0.1, -0.05) is 35.3 Å². The smallest absolute Gasteiger partial charge is 0.226 e. The van der Waals surface area contributed by atoms with Crippen LogP contribution in [0.4, 0.5) is 0 Å². The molecule has 2 aromatic rings. The maximum absolute atomic E-state index is 5.86. The standard InChI is InChI=1S/C11H10Cl2N2O2/c1-2-11-14-10(15-17-11)6-16-7-3-4-8(12)9(13)5-7/h3-5H,2,6H2,1H3. The van der Waals surface area contributed by atoms with E-state index in [1.54, 1.807) is 18.2 Å². The molecule has 0 radical (unpaired) electrons. The molecule has 2 rings (SSSR count). The van der Waals surface area contributed by atoms with Crippen LogP contribution in [0.25, 0.3) is 0 Å². The number of hydrogen-bond donors (Lipinski definition) is 0. The van der Waals surface area contributed by atoms with E-state index in [-0.39, 0.29) is 6.61 Å². The summed E-state index contributed by atoms with van der Waals surface area (Å²) in [5.41, 5.74) is 0. The van der Waals surface area contributed by atoms with Crippen LogP contribution >= 0.6 is 23.2 Å². The fraction of sp³-hybridized carbons (Fsp3) is 0.273. The average Bonchev–Trinajstić information content (AvgIpc) is 2.79. The monoisotopic (exact) mass is 272 g/mol. The molecule has 0 unspecified atom stereocenters. The molecule has 0 aliphatic rings. The molecular formula is C11H10Cl2N2O2. The molecule has 0 bridgehead atoms. The van der Waals surface area contributed by atoms with Crippen LogP contribution in [0.15, 0.2) is 22.7 Å². The first-order valence-corrected chi connectivity index (χ1v) is 5.84. The van der Waals surface area contributed by atoms with Gasteiger partial charge in [-0.05, 0) is 12.1 Å². The van der Waals surface area contributed by atoms with Gasteiger partial charge in [-0.3, -0.25) is 0 Å². The molecule has 4 nitrogen and oxygen atoms in total. The summed E-state index contributed by atoms with van der Waals surface area (Å²) in [5.74, 6) is 1.72. The highest BCUT2D eigenvalue weighted by atomic mass is 35.5. The number of rotatable bonds is 4. The summed E-state index contributed by atoms with van der Waals surface area (Å²) < 4.78 is 10.4. The van der Waals surface area contributed by atoms with Crippen molar-refractivity contribution in [2.75, 3.05) is 0 Å². The summed E-state index contributed by atoms with van der Waals surface area (Å²) in [6.07, 6.45) is 0.708. The molecule has 0 fully saturated rings. The van der Waals surface area contributed by atoms with E-state index in [9.17, 15) is 0 Å². The molecule has 17 heavy (non-hydrogen) atoms. The maximum Gasteiger partial charge on any atom is 0.226 e. The fourth-order valence-electron chi connectivity index (χ4n) is 1.21. The van der Waals surface area contributed by atoms with Crippen molar-refractivity contribution in [3.8, 4) is 5.75 Å². The molecule has 0 saturated carbocycles. The molecule has 1 heterocycles. The van der Waals surface area contributed by atoms with E-state index >= 15 is 0 Å². The van der Waals surface area contributed by atoms with Gasteiger partial charge in [0.25, 0.3) is 0 Å². The van der Waals surface area contributed by atoms with Crippen LogP contribution in [-0.4, -0.2) is 10.1 Å². The number of ether oxygens (including phenoxy) is 1. The molecule has 90 valence electrons. The minimum atomic E-state index is 0.238. The second-order valence-electron chi connectivity index (χ2n) is 3.32. The Morgan fingerprint density at radius 2 is 2.12 bits per heavy atom. The van der Waals surface area contributed by atoms with E-state index in [0.717, 1.165) is 0 Å². The van der Waals surface area contributed by atoms with Gasteiger partial charge in [0.05, 0.1) is 10.0 Å². The Hall–Kier alpha value is -1.26. The predicted octanol–water partition coefficient (Wildman–Crippen LogP) is 3.52. The topological polar surface area (TPSA) is 48.2 Å². The lowest BCUT2D eigenvalue weighted by Gasteiger charge is -2.04. The highest BCUT2D eigenvalue weighted by Gasteiger charge is 2.06. The summed E-state index contributed by atoms with van der Waals surface area (Å²) in [5, 5.41) is 4.71. The zero-order valence-electron chi connectivity index (χ0n) is 9.11. The van der Waals surface area contributed by atoms with Crippen molar-refractivity contribution in [1.29, 1.82) is 0 Å². The fourth-order valence-corrected chi connectivity index (χ4v) is 1.49. The third-order valence-electron chi connectivity index (χ3n) is 2.07. The molecule has 1 aromatic carbocycles. The molecule has 0 aliphatic carbocycles. The Bertz CT molecular complexity index is 514. The number of halogens is 2. The quantitative estimate of drug-likeness (QED) is 0.855. The number of benzene rings is 1. The Kier molecular flexibility index (Phi) is 3.86. The van der Waals surface area contributed by atoms with Crippen molar-refractivity contribution in [3.63, 3.8) is 0 Å². The van der Waals surface area contributed by atoms with Crippen molar-refractivity contribution >= 4 is 23.2 Å². The number of nitrogens with zero attached hydrogens (tertiary/aromatic N) is 2. The van der Waals surface area contributed by atoms with Gasteiger partial charge in [-0.25, -0.2) is 0 Å². The van der Waals surface area contributed by atoms with E-state index in [1.165, 1.54) is 0 Å². The zero-order valence-corrected chi connectivity index (χ0v) is 10.6. The first-order chi connectivity index (χ1) is 8.19. The van der Waals surface area contributed by atoms with Crippen LogP contribution in [0.3, 0.4) is 0 Å². The van der Waals surface area contributed by atoms with E-state index in [4.69, 9.17) is 32.5 Å². The van der Waals surface area contributed by atoms with E-state index in [2.05, 4.69) is 10.1 Å². The molecule has 0 N–H and O–H groups in total. The zero-order chi connectivity index (χ0) is 12.3. The van der Waals surface area contributed by atoms with E-state index in [1.807, 2.05) is 6.92 Å². The summed E-state index contributed by atoms with van der Waals surface area (Å²) in [6, 6.07) is 5.05. The molecule has 0 spiro atoms. The second-order valence-corrected chi connectivity index (χ2v) is 4.14. The Balaban J connectivity index is 1.99. The van der Waals surface area contributed by atoms with Crippen LogP contribution in [0.1, 0.15) is 18.6 Å². The number of aromatic nitrogens is 2. The van der Waals surface area contributed by atoms with Crippen molar-refractivity contribution in [3.05, 3.63) is 40.0 Å². The van der Waals surface area contributed by atoms with Crippen LogP contribution in [0.2, 0.25) is 10.0 Å². The van der Waals surface area contributed by atoms with Crippen molar-refractivity contribution in [1.82, 2.24) is 10.1 Å². The van der Waals surface area contributed by atoms with Crippen molar-refractivity contribution in [2.24, 2.45) is 0 Å². The molecule has 0 atom stereocenters. The largest absolute Gasteiger partial charge is 0.485 e. The summed E-state index contributed by atoms with van der Waals surface area (Å²) in [7, 11) is 0. The van der Waals surface area contributed by atoms with E-state index in [0.29, 0.717) is 33.9 Å². The molecule has 1 aromatic heterocycles. The van der Waals surface area contributed by atoms with Gasteiger partial charge in [-0.15, -0.1) is 0 Å². The molecule has 0 aliphatic heterocycles. The molecule has 6 heteroatoms. The highest BCUT2D eigenvalue weighted by molar-refractivity contribution is 6.42.